The molecular weight excluding hydrogens is 431 g/mol. The van der Waals surface area contributed by atoms with Crippen LogP contribution in [-0.2, 0) is 29.0 Å². The van der Waals surface area contributed by atoms with Gasteiger partial charge in [-0.1, -0.05) is 74.3 Å². The van der Waals surface area contributed by atoms with Gasteiger partial charge in [0.25, 0.3) is 0 Å². The molecule has 0 saturated heterocycles. The Balaban J connectivity index is 2.18. The van der Waals surface area contributed by atoms with Crippen molar-refractivity contribution in [2.24, 2.45) is 5.92 Å². The third-order valence-corrected chi connectivity index (χ3v) is 6.01. The van der Waals surface area contributed by atoms with E-state index >= 15 is 0 Å². The van der Waals surface area contributed by atoms with E-state index in [2.05, 4.69) is 36.5 Å². The minimum atomic E-state index is -0.638. The zero-order valence-electron chi connectivity index (χ0n) is 18.8. The molecule has 0 spiro atoms. The summed E-state index contributed by atoms with van der Waals surface area (Å²) in [7, 11) is 0. The summed E-state index contributed by atoms with van der Waals surface area (Å²) in [4.78, 5) is 27.5. The van der Waals surface area contributed by atoms with Crippen LogP contribution in [0.4, 0.5) is 0 Å². The van der Waals surface area contributed by atoms with Gasteiger partial charge in [0.2, 0.25) is 11.8 Å². The highest BCUT2D eigenvalue weighted by molar-refractivity contribution is 6.36. The largest absolute Gasteiger partial charge is 0.354 e. The highest BCUT2D eigenvalue weighted by Crippen LogP contribution is 2.27. The van der Waals surface area contributed by atoms with Gasteiger partial charge in [-0.15, -0.1) is 0 Å². The SMILES string of the molecule is CCc1ccc(CCC(=O)N(Cc2c(Cl)cccc2Cl)[C@@H](C)C(=O)NCC(C)C)cc1. The van der Waals surface area contributed by atoms with Crippen molar-refractivity contribution in [3.8, 4) is 0 Å². The molecule has 0 aliphatic heterocycles. The lowest BCUT2D eigenvalue weighted by atomic mass is 10.0. The van der Waals surface area contributed by atoms with Crippen molar-refractivity contribution in [3.63, 3.8) is 0 Å². The fourth-order valence-electron chi connectivity index (χ4n) is 3.23. The fraction of sp³-hybridized carbons (Fsp3) is 0.440. The van der Waals surface area contributed by atoms with Gasteiger partial charge in [0.05, 0.1) is 0 Å². The van der Waals surface area contributed by atoms with Crippen molar-refractivity contribution in [1.29, 1.82) is 0 Å². The summed E-state index contributed by atoms with van der Waals surface area (Å²) in [6.07, 6.45) is 1.89. The number of carbonyl (C=O) groups excluding carboxylic acids is 2. The van der Waals surface area contributed by atoms with Crippen LogP contribution in [0.3, 0.4) is 0 Å². The Morgan fingerprint density at radius 1 is 0.968 bits per heavy atom. The van der Waals surface area contributed by atoms with Gasteiger partial charge >= 0.3 is 0 Å². The molecule has 2 aromatic carbocycles. The zero-order chi connectivity index (χ0) is 23.0. The van der Waals surface area contributed by atoms with Gasteiger partial charge in [-0.25, -0.2) is 0 Å². The van der Waals surface area contributed by atoms with Crippen LogP contribution in [0, 0.1) is 5.92 Å². The van der Waals surface area contributed by atoms with Crippen molar-refractivity contribution in [2.75, 3.05) is 6.54 Å². The van der Waals surface area contributed by atoms with Crippen LogP contribution in [0.2, 0.25) is 10.0 Å². The highest BCUT2D eigenvalue weighted by atomic mass is 35.5. The molecule has 0 radical (unpaired) electrons. The minimum Gasteiger partial charge on any atom is -0.354 e. The maximum Gasteiger partial charge on any atom is 0.242 e. The van der Waals surface area contributed by atoms with Gasteiger partial charge in [0, 0.05) is 35.1 Å². The second-order valence-corrected chi connectivity index (χ2v) is 9.02. The van der Waals surface area contributed by atoms with E-state index in [4.69, 9.17) is 23.2 Å². The molecule has 0 heterocycles. The molecule has 2 aromatic rings. The van der Waals surface area contributed by atoms with Crippen molar-refractivity contribution in [2.45, 2.75) is 59.5 Å². The fourth-order valence-corrected chi connectivity index (χ4v) is 3.74. The normalized spacial score (nSPS) is 12.0. The summed E-state index contributed by atoms with van der Waals surface area (Å²) in [5, 5.41) is 3.88. The second-order valence-electron chi connectivity index (χ2n) is 8.21. The molecule has 31 heavy (non-hydrogen) atoms. The van der Waals surface area contributed by atoms with Crippen LogP contribution in [0.25, 0.3) is 0 Å². The maximum absolute atomic E-state index is 13.2. The lowest BCUT2D eigenvalue weighted by molar-refractivity contribution is -0.140. The summed E-state index contributed by atoms with van der Waals surface area (Å²) in [5.41, 5.74) is 3.01. The summed E-state index contributed by atoms with van der Waals surface area (Å²) >= 11 is 12.7. The van der Waals surface area contributed by atoms with Crippen LogP contribution in [-0.4, -0.2) is 29.3 Å². The van der Waals surface area contributed by atoms with E-state index < -0.39 is 6.04 Å². The third-order valence-electron chi connectivity index (χ3n) is 5.30. The molecule has 0 bridgehead atoms. The lowest BCUT2D eigenvalue weighted by Crippen LogP contribution is -2.48. The number of nitrogens with one attached hydrogen (secondary N) is 1. The van der Waals surface area contributed by atoms with Crippen LogP contribution in [0.5, 0.6) is 0 Å². The van der Waals surface area contributed by atoms with E-state index in [1.165, 1.54) is 5.56 Å². The predicted molar refractivity (Wildman–Crippen MR) is 128 cm³/mol. The molecule has 0 aliphatic carbocycles. The zero-order valence-corrected chi connectivity index (χ0v) is 20.3. The predicted octanol–water partition coefficient (Wildman–Crippen LogP) is 5.68. The maximum atomic E-state index is 13.2. The first-order valence-electron chi connectivity index (χ1n) is 10.8. The first-order chi connectivity index (χ1) is 14.7. The molecule has 0 aliphatic rings. The monoisotopic (exact) mass is 462 g/mol. The Morgan fingerprint density at radius 3 is 2.10 bits per heavy atom. The van der Waals surface area contributed by atoms with Gasteiger partial charge in [-0.3, -0.25) is 9.59 Å². The molecule has 168 valence electrons. The van der Waals surface area contributed by atoms with Gasteiger partial charge in [0.15, 0.2) is 0 Å². The molecule has 2 amide bonds. The number of rotatable bonds is 10. The van der Waals surface area contributed by atoms with Gasteiger partial charge in [0.1, 0.15) is 6.04 Å². The van der Waals surface area contributed by atoms with Crippen LogP contribution in [0.15, 0.2) is 42.5 Å². The molecule has 0 fully saturated rings. The first kappa shape index (κ1) is 25.2. The molecule has 4 nitrogen and oxygen atoms in total. The average Bonchev–Trinajstić information content (AvgIpc) is 2.75. The van der Waals surface area contributed by atoms with Crippen molar-refractivity contribution in [3.05, 3.63) is 69.2 Å². The van der Waals surface area contributed by atoms with E-state index in [-0.39, 0.29) is 18.4 Å². The minimum absolute atomic E-state index is 0.109. The molecule has 1 N–H and O–H groups in total. The molecule has 0 aromatic heterocycles. The van der Waals surface area contributed by atoms with Gasteiger partial charge in [-0.2, -0.15) is 0 Å². The Morgan fingerprint density at radius 2 is 1.55 bits per heavy atom. The van der Waals surface area contributed by atoms with E-state index in [0.717, 1.165) is 12.0 Å². The number of carbonyl (C=O) groups is 2. The average molecular weight is 463 g/mol. The Bertz CT molecular complexity index is 861. The Kier molecular flexibility index (Phi) is 9.86. The molecule has 2 rings (SSSR count). The number of nitrogens with zero attached hydrogens (tertiary/aromatic N) is 1. The van der Waals surface area contributed by atoms with Crippen LogP contribution >= 0.6 is 23.2 Å². The van der Waals surface area contributed by atoms with E-state index in [9.17, 15) is 9.59 Å². The van der Waals surface area contributed by atoms with Crippen LogP contribution in [0.1, 0.15) is 50.8 Å². The molecular formula is C25H32Cl2N2O2. The quantitative estimate of drug-likeness (QED) is 0.493. The Hall–Kier alpha value is -2.04. The van der Waals surface area contributed by atoms with Crippen LogP contribution < -0.4 is 5.32 Å². The third kappa shape index (κ3) is 7.55. The topological polar surface area (TPSA) is 49.4 Å². The van der Waals surface area contributed by atoms with E-state index in [1.54, 1.807) is 30.0 Å². The van der Waals surface area contributed by atoms with Crippen molar-refractivity contribution in [1.82, 2.24) is 10.2 Å². The molecule has 0 unspecified atom stereocenters. The number of amides is 2. The number of hydrogen-bond donors (Lipinski definition) is 1. The van der Waals surface area contributed by atoms with E-state index in [0.29, 0.717) is 40.9 Å². The van der Waals surface area contributed by atoms with E-state index in [1.807, 2.05) is 13.8 Å². The lowest BCUT2D eigenvalue weighted by Gasteiger charge is -2.29. The second kappa shape index (κ2) is 12.1. The van der Waals surface area contributed by atoms with Crippen molar-refractivity contribution >= 4 is 35.0 Å². The number of aryl methyl sites for hydroxylation is 2. The van der Waals surface area contributed by atoms with Gasteiger partial charge < -0.3 is 10.2 Å². The van der Waals surface area contributed by atoms with Gasteiger partial charge in [-0.05, 0) is 48.9 Å². The smallest absolute Gasteiger partial charge is 0.242 e. The highest BCUT2D eigenvalue weighted by Gasteiger charge is 2.27. The van der Waals surface area contributed by atoms with Crippen molar-refractivity contribution < 1.29 is 9.59 Å². The summed E-state index contributed by atoms with van der Waals surface area (Å²) in [5.74, 6) is 0.0321. The summed E-state index contributed by atoms with van der Waals surface area (Å²) in [6, 6.07) is 12.9. The number of hydrogen-bond acceptors (Lipinski definition) is 2. The Labute approximate surface area is 195 Å². The molecule has 0 saturated carbocycles. The summed E-state index contributed by atoms with van der Waals surface area (Å²) < 4.78 is 0. The molecule has 6 heteroatoms. The standard InChI is InChI=1S/C25H32Cl2N2O2/c1-5-19-9-11-20(12-10-19)13-14-24(30)29(18(4)25(31)28-15-17(2)3)16-21-22(26)7-6-8-23(21)27/h6-12,17-18H,5,13-16H2,1-4H3,(H,28,31)/t18-/m0/s1. The number of benzene rings is 2. The first-order valence-corrected chi connectivity index (χ1v) is 11.6. The number of halogens is 2. The molecule has 1 atom stereocenters. The summed E-state index contributed by atoms with van der Waals surface area (Å²) in [6.45, 7) is 8.66.